The van der Waals surface area contributed by atoms with Crippen LogP contribution in [0.4, 0.5) is 11.4 Å². The Bertz CT molecular complexity index is 1140. The van der Waals surface area contributed by atoms with E-state index in [4.69, 9.17) is 16.4 Å². The van der Waals surface area contributed by atoms with E-state index in [1.807, 2.05) is 30.1 Å². The Balaban J connectivity index is 1.90. The fraction of sp³-hybridized carbons (Fsp3) is 0.143. The number of benzene rings is 1. The molecule has 0 radical (unpaired) electrons. The molecule has 7 nitrogen and oxygen atoms in total. The van der Waals surface area contributed by atoms with Gasteiger partial charge in [-0.15, -0.1) is 0 Å². The number of carbonyl (C=O) groups excluding carboxylic acids is 1. The van der Waals surface area contributed by atoms with Gasteiger partial charge in [0.25, 0.3) is 5.91 Å². The van der Waals surface area contributed by atoms with Gasteiger partial charge in [-0.1, -0.05) is 0 Å². The van der Waals surface area contributed by atoms with Crippen LogP contribution in [0.3, 0.4) is 0 Å². The van der Waals surface area contributed by atoms with Gasteiger partial charge in [0.2, 0.25) is 0 Å². The van der Waals surface area contributed by atoms with Crippen molar-refractivity contribution in [1.29, 1.82) is 10.7 Å². The molecule has 7 heteroatoms. The number of amides is 1. The molecule has 1 aromatic carbocycles. The first kappa shape index (κ1) is 18.9. The molecule has 3 aromatic rings. The summed E-state index contributed by atoms with van der Waals surface area (Å²) in [6, 6.07) is 8.91. The van der Waals surface area contributed by atoms with Crippen molar-refractivity contribution in [2.75, 3.05) is 11.1 Å². The lowest BCUT2D eigenvalue weighted by Crippen LogP contribution is -2.17. The number of nitrogens with two attached hydrogens (primary N) is 1. The van der Waals surface area contributed by atoms with Gasteiger partial charge in [0, 0.05) is 48.1 Å². The average molecular weight is 372 g/mol. The number of nitrogens with zero attached hydrogens (tertiary/aromatic N) is 3. The quantitative estimate of drug-likeness (QED) is 0.481. The maximum Gasteiger partial charge on any atom is 0.274 e. The second-order valence-electron chi connectivity index (χ2n) is 6.58. The van der Waals surface area contributed by atoms with E-state index in [0.717, 1.165) is 11.1 Å². The number of carbonyl (C=O) groups is 1. The number of nitrogens with one attached hydrogen (secondary N) is 2. The van der Waals surface area contributed by atoms with Gasteiger partial charge in [-0.2, -0.15) is 5.26 Å². The third kappa shape index (κ3) is 3.48. The van der Waals surface area contributed by atoms with Gasteiger partial charge in [0.1, 0.15) is 11.8 Å². The van der Waals surface area contributed by atoms with Gasteiger partial charge >= 0.3 is 0 Å². The number of nitriles is 1. The van der Waals surface area contributed by atoms with Gasteiger partial charge in [-0.05, 0) is 49.2 Å². The van der Waals surface area contributed by atoms with Gasteiger partial charge < -0.3 is 15.6 Å². The summed E-state index contributed by atoms with van der Waals surface area (Å²) in [7, 11) is 1.88. The lowest BCUT2D eigenvalue weighted by molar-refractivity contribution is 0.102. The zero-order valence-electron chi connectivity index (χ0n) is 15.9. The lowest BCUT2D eigenvalue weighted by Gasteiger charge is -2.12. The van der Waals surface area contributed by atoms with Crippen LogP contribution in [-0.4, -0.2) is 21.2 Å². The number of aromatic nitrogens is 2. The SMILES string of the molecule is Cc1c(C#N)cnc(C(=O)Nc2ccc(N)c(C(=N)c3ccn(C)c3)c2)c1C. The van der Waals surface area contributed by atoms with Crippen molar-refractivity contribution >= 4 is 23.0 Å². The van der Waals surface area contributed by atoms with Crippen LogP contribution in [0.15, 0.2) is 42.9 Å². The third-order valence-corrected chi connectivity index (χ3v) is 4.68. The minimum atomic E-state index is -0.382. The molecule has 140 valence electrons. The van der Waals surface area contributed by atoms with E-state index in [0.29, 0.717) is 28.1 Å². The maximum atomic E-state index is 12.7. The monoisotopic (exact) mass is 372 g/mol. The Morgan fingerprint density at radius 2 is 2.04 bits per heavy atom. The van der Waals surface area contributed by atoms with Gasteiger partial charge in [-0.25, -0.2) is 4.98 Å². The molecule has 0 unspecified atom stereocenters. The van der Waals surface area contributed by atoms with E-state index >= 15 is 0 Å². The highest BCUT2D eigenvalue weighted by atomic mass is 16.1. The molecule has 4 N–H and O–H groups in total. The molecule has 1 amide bonds. The number of hydrogen-bond donors (Lipinski definition) is 3. The van der Waals surface area contributed by atoms with Crippen LogP contribution < -0.4 is 11.1 Å². The van der Waals surface area contributed by atoms with Crippen LogP contribution in [0.2, 0.25) is 0 Å². The molecule has 0 spiro atoms. The zero-order chi connectivity index (χ0) is 20.4. The topological polar surface area (TPSA) is 121 Å². The van der Waals surface area contributed by atoms with Gasteiger partial charge in [0.05, 0.1) is 11.3 Å². The predicted octanol–water partition coefficient (Wildman–Crippen LogP) is 3.16. The Morgan fingerprint density at radius 3 is 2.68 bits per heavy atom. The maximum absolute atomic E-state index is 12.7. The summed E-state index contributed by atoms with van der Waals surface area (Å²) in [5.74, 6) is -0.382. The molecular formula is C21H20N6O. The molecular weight excluding hydrogens is 352 g/mol. The summed E-state index contributed by atoms with van der Waals surface area (Å²) >= 11 is 0. The Hall–Kier alpha value is -3.92. The van der Waals surface area contributed by atoms with Gasteiger partial charge in [-0.3, -0.25) is 10.2 Å². The van der Waals surface area contributed by atoms with Crippen molar-refractivity contribution in [3.63, 3.8) is 0 Å². The summed E-state index contributed by atoms with van der Waals surface area (Å²) in [4.78, 5) is 16.8. The van der Waals surface area contributed by atoms with E-state index in [9.17, 15) is 4.79 Å². The highest BCUT2D eigenvalue weighted by Crippen LogP contribution is 2.23. The van der Waals surface area contributed by atoms with Crippen LogP contribution >= 0.6 is 0 Å². The minimum Gasteiger partial charge on any atom is -0.398 e. The summed E-state index contributed by atoms with van der Waals surface area (Å²) in [5.41, 5.74) is 10.6. The highest BCUT2D eigenvalue weighted by molar-refractivity contribution is 6.14. The molecule has 2 aromatic heterocycles. The summed E-state index contributed by atoms with van der Waals surface area (Å²) in [5, 5.41) is 20.3. The first-order chi connectivity index (χ1) is 13.3. The van der Waals surface area contributed by atoms with Crippen LogP contribution in [0, 0.1) is 30.6 Å². The molecule has 2 heterocycles. The number of hydrogen-bond acceptors (Lipinski definition) is 5. The summed E-state index contributed by atoms with van der Waals surface area (Å²) < 4.78 is 1.85. The Morgan fingerprint density at radius 1 is 1.29 bits per heavy atom. The molecule has 0 saturated heterocycles. The summed E-state index contributed by atoms with van der Waals surface area (Å²) in [6.45, 7) is 3.55. The van der Waals surface area contributed by atoms with Crippen molar-refractivity contribution in [2.24, 2.45) is 7.05 Å². The molecule has 0 aliphatic carbocycles. The Labute approximate surface area is 163 Å². The van der Waals surface area contributed by atoms with E-state index < -0.39 is 0 Å². The molecule has 0 bridgehead atoms. The van der Waals surface area contributed by atoms with Gasteiger partial charge in [0.15, 0.2) is 0 Å². The fourth-order valence-electron chi connectivity index (χ4n) is 2.89. The molecule has 28 heavy (non-hydrogen) atoms. The first-order valence-electron chi connectivity index (χ1n) is 8.60. The van der Waals surface area contributed by atoms with Crippen LogP contribution in [0.5, 0.6) is 0 Å². The predicted molar refractivity (Wildman–Crippen MR) is 109 cm³/mol. The fourth-order valence-corrected chi connectivity index (χ4v) is 2.89. The molecule has 0 fully saturated rings. The normalized spacial score (nSPS) is 10.4. The van der Waals surface area contributed by atoms with Crippen molar-refractivity contribution in [2.45, 2.75) is 13.8 Å². The zero-order valence-corrected chi connectivity index (χ0v) is 15.9. The van der Waals surface area contributed by atoms with Crippen molar-refractivity contribution < 1.29 is 4.79 Å². The van der Waals surface area contributed by atoms with Crippen molar-refractivity contribution in [3.8, 4) is 6.07 Å². The molecule has 0 aliphatic rings. The smallest absolute Gasteiger partial charge is 0.274 e. The molecule has 0 saturated carbocycles. The lowest BCUT2D eigenvalue weighted by atomic mass is 10.0. The third-order valence-electron chi connectivity index (χ3n) is 4.68. The van der Waals surface area contributed by atoms with Crippen LogP contribution in [0.1, 0.15) is 38.3 Å². The average Bonchev–Trinajstić information content (AvgIpc) is 3.11. The van der Waals surface area contributed by atoms with Crippen molar-refractivity contribution in [3.05, 3.63) is 76.4 Å². The number of pyridine rings is 1. The number of anilines is 2. The molecule has 3 rings (SSSR count). The molecule has 0 atom stereocenters. The van der Waals surface area contributed by atoms with Crippen molar-refractivity contribution in [1.82, 2.24) is 9.55 Å². The van der Waals surface area contributed by atoms with Crippen LogP contribution in [-0.2, 0) is 7.05 Å². The second-order valence-corrected chi connectivity index (χ2v) is 6.58. The van der Waals surface area contributed by atoms with Crippen LogP contribution in [0.25, 0.3) is 0 Å². The van der Waals surface area contributed by atoms with E-state index in [2.05, 4.69) is 16.4 Å². The summed E-state index contributed by atoms with van der Waals surface area (Å²) in [6.07, 6.45) is 5.09. The Kier molecular flexibility index (Phi) is 4.96. The van der Waals surface area contributed by atoms with E-state index in [1.54, 1.807) is 32.0 Å². The standard InChI is InChI=1S/C21H20N6O/c1-12-13(2)20(25-10-15(12)9-22)21(28)26-16-4-5-18(23)17(8-16)19(24)14-6-7-27(3)11-14/h4-8,10-11,24H,23H2,1-3H3,(H,26,28). The first-order valence-corrected chi connectivity index (χ1v) is 8.60. The second kappa shape index (κ2) is 7.37. The van der Waals surface area contributed by atoms with E-state index in [-0.39, 0.29) is 17.3 Å². The minimum absolute atomic E-state index is 0.257. The number of aryl methyl sites for hydroxylation is 1. The number of rotatable bonds is 4. The number of nitrogen functional groups attached to an aromatic ring is 1. The van der Waals surface area contributed by atoms with E-state index in [1.165, 1.54) is 6.20 Å². The molecule has 0 aliphatic heterocycles. The highest BCUT2D eigenvalue weighted by Gasteiger charge is 2.16. The largest absolute Gasteiger partial charge is 0.398 e.